The average molecular weight is 690 g/mol. The normalized spacial score (nSPS) is 15.2. The number of fused-ring (bicyclic) bond motifs is 1. The van der Waals surface area contributed by atoms with E-state index >= 15 is 0 Å². The zero-order valence-corrected chi connectivity index (χ0v) is 26.6. The number of carbonyl (C=O) groups excluding carboxylic acids is 1. The molecule has 0 aliphatic carbocycles. The summed E-state index contributed by atoms with van der Waals surface area (Å²) >= 11 is 0. The van der Waals surface area contributed by atoms with Gasteiger partial charge in [0.25, 0.3) is 17.3 Å². The maximum atomic E-state index is 13.4. The Hall–Kier alpha value is -7.37. The number of carbonyl (C=O) groups is 1. The Morgan fingerprint density at radius 2 is 1.35 bits per heavy atom. The predicted octanol–water partition coefficient (Wildman–Crippen LogP) is 4.31. The van der Waals surface area contributed by atoms with E-state index in [2.05, 4.69) is 31.3 Å². The van der Waals surface area contributed by atoms with E-state index in [9.17, 15) is 35.2 Å². The minimum absolute atomic E-state index is 0.0888. The van der Waals surface area contributed by atoms with Crippen molar-refractivity contribution in [1.29, 1.82) is 0 Å². The smallest absolute Gasteiger partial charge is 0.271 e. The molecular formula is C33H27N11O7. The summed E-state index contributed by atoms with van der Waals surface area (Å²) in [5, 5.41) is 65.9. The first-order valence-corrected chi connectivity index (χ1v) is 15.3. The molecule has 1 amide bonds. The molecule has 1 unspecified atom stereocenters. The molecular weight excluding hydrogens is 662 g/mol. The van der Waals surface area contributed by atoms with Crippen LogP contribution in [0.15, 0.2) is 97.3 Å². The summed E-state index contributed by atoms with van der Waals surface area (Å²) in [6.07, 6.45) is 3.10. The number of anilines is 2. The van der Waals surface area contributed by atoms with E-state index in [-0.39, 0.29) is 53.2 Å². The van der Waals surface area contributed by atoms with Crippen molar-refractivity contribution in [3.8, 4) is 22.9 Å². The number of phenolic OH excluding ortho intramolecular Hbond substituents is 2. The van der Waals surface area contributed by atoms with Gasteiger partial charge in [0, 0.05) is 30.0 Å². The molecule has 4 aromatic carbocycles. The number of nitrogens with zero attached hydrogens (tertiary/aromatic N) is 9. The lowest BCUT2D eigenvalue weighted by Crippen LogP contribution is -2.59. The van der Waals surface area contributed by atoms with Crippen LogP contribution in [0.3, 0.4) is 0 Å². The molecule has 0 saturated heterocycles. The summed E-state index contributed by atoms with van der Waals surface area (Å²) in [7, 11) is 0. The van der Waals surface area contributed by atoms with Crippen molar-refractivity contribution in [3.63, 3.8) is 0 Å². The van der Waals surface area contributed by atoms with Crippen LogP contribution in [0.2, 0.25) is 0 Å². The van der Waals surface area contributed by atoms with Crippen LogP contribution in [0.4, 0.5) is 22.7 Å². The number of non-ortho nitro benzene ring substituents is 2. The monoisotopic (exact) mass is 689 g/mol. The highest BCUT2D eigenvalue weighted by atomic mass is 16.6. The van der Waals surface area contributed by atoms with Gasteiger partial charge in [-0.15, -0.1) is 10.2 Å². The lowest BCUT2D eigenvalue weighted by Gasteiger charge is -2.47. The highest BCUT2D eigenvalue weighted by Gasteiger charge is 2.42. The molecule has 3 heterocycles. The van der Waals surface area contributed by atoms with Gasteiger partial charge in [-0.05, 0) is 48.9 Å². The number of benzene rings is 4. The first kappa shape index (κ1) is 32.2. The third-order valence-corrected chi connectivity index (χ3v) is 8.49. The molecule has 256 valence electrons. The van der Waals surface area contributed by atoms with Gasteiger partial charge in [0.2, 0.25) is 0 Å². The topological polar surface area (TPSA) is 233 Å². The maximum absolute atomic E-state index is 13.4. The molecule has 2 aromatic heterocycles. The van der Waals surface area contributed by atoms with Crippen LogP contribution in [0.1, 0.15) is 34.2 Å². The molecule has 7 rings (SSSR count). The molecule has 0 spiro atoms. The van der Waals surface area contributed by atoms with Crippen molar-refractivity contribution in [3.05, 3.63) is 140 Å². The van der Waals surface area contributed by atoms with Crippen molar-refractivity contribution in [2.24, 2.45) is 0 Å². The van der Waals surface area contributed by atoms with E-state index in [1.807, 2.05) is 48.2 Å². The number of nitrogens with one attached hydrogen (secondary N) is 2. The number of aromatic nitrogens is 6. The zero-order valence-electron chi connectivity index (χ0n) is 26.6. The molecule has 1 atom stereocenters. The van der Waals surface area contributed by atoms with Crippen molar-refractivity contribution in [2.45, 2.75) is 25.7 Å². The number of para-hydroxylation sites is 1. The highest BCUT2D eigenvalue weighted by Crippen LogP contribution is 2.39. The molecule has 6 aromatic rings. The van der Waals surface area contributed by atoms with E-state index in [1.54, 1.807) is 24.5 Å². The zero-order chi connectivity index (χ0) is 35.9. The number of hydrogen-bond acceptors (Lipinski definition) is 13. The Kier molecular flexibility index (Phi) is 7.94. The molecule has 0 bridgehead atoms. The fourth-order valence-corrected chi connectivity index (χ4v) is 5.84. The van der Waals surface area contributed by atoms with E-state index in [1.165, 1.54) is 45.8 Å². The van der Waals surface area contributed by atoms with Crippen LogP contribution in [0, 0.1) is 20.2 Å². The van der Waals surface area contributed by atoms with Gasteiger partial charge in [-0.3, -0.25) is 25.0 Å². The Balaban J connectivity index is 1.12. The molecule has 0 saturated carbocycles. The third kappa shape index (κ3) is 6.07. The molecule has 1 aliphatic rings. The van der Waals surface area contributed by atoms with E-state index < -0.39 is 15.5 Å². The van der Waals surface area contributed by atoms with Crippen LogP contribution in [0.25, 0.3) is 11.4 Å². The second-order valence-corrected chi connectivity index (χ2v) is 11.7. The summed E-state index contributed by atoms with van der Waals surface area (Å²) in [5.74, 6) is -0.667. The Labute approximate surface area is 287 Å². The predicted molar refractivity (Wildman–Crippen MR) is 181 cm³/mol. The van der Waals surface area contributed by atoms with Gasteiger partial charge in [-0.1, -0.05) is 34.7 Å². The number of nitro benzene ring substituents is 2. The minimum Gasteiger partial charge on any atom is -0.506 e. The first-order chi connectivity index (χ1) is 24.5. The van der Waals surface area contributed by atoms with Crippen LogP contribution < -0.4 is 15.5 Å². The summed E-state index contributed by atoms with van der Waals surface area (Å²) in [5.41, 5.74) is 2.27. The van der Waals surface area contributed by atoms with Crippen molar-refractivity contribution in [2.75, 3.05) is 10.2 Å². The second-order valence-electron chi connectivity index (χ2n) is 11.7. The molecule has 18 nitrogen and oxygen atoms in total. The number of aromatic hydroxyl groups is 2. The fourth-order valence-electron chi connectivity index (χ4n) is 5.84. The number of nitro groups is 2. The van der Waals surface area contributed by atoms with Gasteiger partial charge in [-0.2, -0.15) is 0 Å². The van der Waals surface area contributed by atoms with E-state index in [4.69, 9.17) is 0 Å². The first-order valence-electron chi connectivity index (χ1n) is 15.3. The van der Waals surface area contributed by atoms with Crippen LogP contribution >= 0.6 is 0 Å². The van der Waals surface area contributed by atoms with Gasteiger partial charge in [0.15, 0.2) is 0 Å². The molecule has 1 aliphatic heterocycles. The minimum atomic E-state index is -1.07. The summed E-state index contributed by atoms with van der Waals surface area (Å²) in [6.45, 7) is 2.28. The second kappa shape index (κ2) is 12.6. The highest BCUT2D eigenvalue weighted by molar-refractivity contribution is 6.02. The number of hydrogen-bond donors (Lipinski definition) is 4. The number of phenols is 2. The maximum Gasteiger partial charge on any atom is 0.271 e. The quantitative estimate of drug-likeness (QED) is 0.116. The average Bonchev–Trinajstić information content (AvgIpc) is 3.80. The summed E-state index contributed by atoms with van der Waals surface area (Å²) < 4.78 is 2.52. The molecule has 18 heteroatoms. The van der Waals surface area contributed by atoms with Crippen molar-refractivity contribution in [1.82, 2.24) is 35.3 Å². The Morgan fingerprint density at radius 1 is 0.784 bits per heavy atom. The Bertz CT molecular complexity index is 2320. The lowest BCUT2D eigenvalue weighted by atomic mass is 9.93. The SMILES string of the molecule is CC1(c2ccc(NCc3cn(-c4cc([N+](=O)[O-])ccc4O)nn3)cc2)NC(=O)c2ccccc2N1Cc1cn(-c2cc([N+](=O)[O-])ccc2O)nn1. The fraction of sp³-hybridized carbons (Fsp3) is 0.121. The number of rotatable bonds is 10. The third-order valence-electron chi connectivity index (χ3n) is 8.49. The van der Waals surface area contributed by atoms with Crippen LogP contribution in [-0.2, 0) is 18.8 Å². The van der Waals surface area contributed by atoms with E-state index in [0.717, 1.165) is 11.3 Å². The standard InChI is InChI=1S/C33H27N11O7/c1-33(20-6-8-21(9-7-20)34-16-22-18-41(38-36-22)28-14-24(43(48)49)10-12-30(28)45)35-32(47)26-4-2-3-5-27(26)40(33)17-23-19-42(39-37-23)29-15-25(44(50)51)11-13-31(29)46/h2-15,18-19,34,45-46H,16-17H2,1H3,(H,35,47). The van der Waals surface area contributed by atoms with Crippen LogP contribution in [-0.4, -0.2) is 56.0 Å². The van der Waals surface area contributed by atoms with Gasteiger partial charge in [0.05, 0.1) is 46.6 Å². The van der Waals surface area contributed by atoms with Crippen molar-refractivity contribution >= 4 is 28.7 Å². The summed E-state index contributed by atoms with van der Waals surface area (Å²) in [6, 6.07) is 21.8. The number of amides is 1. The lowest BCUT2D eigenvalue weighted by molar-refractivity contribution is -0.385. The van der Waals surface area contributed by atoms with Gasteiger partial charge < -0.3 is 25.7 Å². The largest absolute Gasteiger partial charge is 0.506 e. The van der Waals surface area contributed by atoms with Crippen LogP contribution in [0.5, 0.6) is 11.5 Å². The van der Waals surface area contributed by atoms with Gasteiger partial charge in [0.1, 0.15) is 39.9 Å². The summed E-state index contributed by atoms with van der Waals surface area (Å²) in [4.78, 5) is 36.7. The van der Waals surface area contributed by atoms with Gasteiger partial charge >= 0.3 is 0 Å². The van der Waals surface area contributed by atoms with E-state index in [0.29, 0.717) is 22.6 Å². The van der Waals surface area contributed by atoms with Gasteiger partial charge in [-0.25, -0.2) is 9.36 Å². The molecule has 0 fully saturated rings. The molecule has 4 N–H and O–H groups in total. The molecule has 51 heavy (non-hydrogen) atoms. The Morgan fingerprint density at radius 3 is 1.96 bits per heavy atom. The molecule has 0 radical (unpaired) electrons. The van der Waals surface area contributed by atoms with Crippen molar-refractivity contribution < 1.29 is 24.9 Å².